The lowest BCUT2D eigenvalue weighted by Crippen LogP contribution is -2.26. The highest BCUT2D eigenvalue weighted by Crippen LogP contribution is 2.42. The number of benzene rings is 1. The molecular formula is C21H26FN5O2. The molecule has 8 heteroatoms. The molecule has 0 unspecified atom stereocenters. The fourth-order valence-corrected chi connectivity index (χ4v) is 3.77. The maximum absolute atomic E-state index is 15.7. The van der Waals surface area contributed by atoms with Crippen LogP contribution in [0.3, 0.4) is 0 Å². The molecule has 7 nitrogen and oxygen atoms in total. The zero-order chi connectivity index (χ0) is 20.4. The van der Waals surface area contributed by atoms with Gasteiger partial charge < -0.3 is 25.4 Å². The lowest BCUT2D eigenvalue weighted by molar-refractivity contribution is 0.108. The molecule has 1 atom stereocenters. The van der Waals surface area contributed by atoms with Crippen LogP contribution in [0.15, 0.2) is 18.2 Å². The molecule has 0 spiro atoms. The predicted molar refractivity (Wildman–Crippen MR) is 111 cm³/mol. The normalized spacial score (nSPS) is 18.5. The number of ether oxygens (including phenoxy) is 2. The molecule has 0 saturated heterocycles. The minimum atomic E-state index is -0.357. The number of fused-ring (bicyclic) bond motifs is 1. The first-order valence-electron chi connectivity index (χ1n) is 9.80. The molecule has 0 radical (unpaired) electrons. The van der Waals surface area contributed by atoms with Crippen molar-refractivity contribution >= 4 is 23.0 Å². The first kappa shape index (κ1) is 19.6. The van der Waals surface area contributed by atoms with Gasteiger partial charge in [0.2, 0.25) is 5.95 Å². The third-order valence-electron chi connectivity index (χ3n) is 5.23. The number of rotatable bonds is 5. The average molecular weight is 399 g/mol. The Morgan fingerprint density at radius 3 is 2.97 bits per heavy atom. The van der Waals surface area contributed by atoms with Gasteiger partial charge in [-0.15, -0.1) is 0 Å². The van der Waals surface area contributed by atoms with E-state index < -0.39 is 0 Å². The molecular weight excluding hydrogens is 373 g/mol. The Balaban J connectivity index is 1.76. The molecule has 0 fully saturated rings. The monoisotopic (exact) mass is 399 g/mol. The van der Waals surface area contributed by atoms with E-state index >= 15 is 4.39 Å². The van der Waals surface area contributed by atoms with E-state index in [0.29, 0.717) is 48.3 Å². The fourth-order valence-electron chi connectivity index (χ4n) is 3.77. The molecule has 3 N–H and O–H groups in total. The number of methoxy groups -OCH3 is 1. The highest BCUT2D eigenvalue weighted by molar-refractivity contribution is 5.78. The second-order valence-electron chi connectivity index (χ2n) is 7.24. The second-order valence-corrected chi connectivity index (χ2v) is 7.24. The Bertz CT molecular complexity index is 947. The van der Waals surface area contributed by atoms with Crippen LogP contribution >= 0.6 is 0 Å². The topological polar surface area (TPSA) is 80.3 Å². The maximum Gasteiger partial charge on any atom is 0.229 e. The Kier molecular flexibility index (Phi) is 5.64. The van der Waals surface area contributed by atoms with Gasteiger partial charge in [0.15, 0.2) is 5.82 Å². The number of aromatic nitrogens is 2. The quantitative estimate of drug-likeness (QED) is 0.713. The number of anilines is 3. The maximum atomic E-state index is 15.7. The van der Waals surface area contributed by atoms with Gasteiger partial charge in [0.1, 0.15) is 11.6 Å². The van der Waals surface area contributed by atoms with E-state index in [1.54, 1.807) is 20.2 Å². The van der Waals surface area contributed by atoms with E-state index in [0.717, 1.165) is 29.8 Å². The van der Waals surface area contributed by atoms with Crippen LogP contribution in [0.2, 0.25) is 0 Å². The summed E-state index contributed by atoms with van der Waals surface area (Å²) in [6.07, 6.45) is 3.36. The van der Waals surface area contributed by atoms with Crippen molar-refractivity contribution in [3.05, 3.63) is 40.8 Å². The minimum Gasteiger partial charge on any atom is -0.492 e. The highest BCUT2D eigenvalue weighted by atomic mass is 19.1. The van der Waals surface area contributed by atoms with Crippen molar-refractivity contribution in [2.45, 2.75) is 25.9 Å². The Labute approximate surface area is 169 Å². The number of halogens is 1. The van der Waals surface area contributed by atoms with Crippen molar-refractivity contribution in [2.24, 2.45) is 0 Å². The van der Waals surface area contributed by atoms with Crippen molar-refractivity contribution in [1.29, 1.82) is 0 Å². The number of aryl methyl sites for hydroxylation is 1. The van der Waals surface area contributed by atoms with E-state index in [-0.39, 0.29) is 11.9 Å². The lowest BCUT2D eigenvalue weighted by atomic mass is 9.95. The molecule has 4 rings (SSSR count). The first-order valence-corrected chi connectivity index (χ1v) is 9.80. The minimum absolute atomic E-state index is 0.0184. The zero-order valence-electron chi connectivity index (χ0n) is 16.9. The molecule has 0 saturated carbocycles. The summed E-state index contributed by atoms with van der Waals surface area (Å²) in [6.45, 7) is 3.81. The molecule has 0 bridgehead atoms. The molecule has 0 aliphatic carbocycles. The standard InChI is InChI=1S/C21H26FN5O2/c1-12-8-17(23-2)27-21(25-12)26-16-10-14-5-7-29-20(14)18(19(16)22)13-4-6-24-11-15(9-13)28-3/h4,8,10,15,24H,5-7,9,11H2,1-3H3,(H2,23,25,26,27)/t15-/m1/s1. The number of nitrogens with zero attached hydrogens (tertiary/aromatic N) is 2. The van der Waals surface area contributed by atoms with Crippen LogP contribution in [-0.4, -0.2) is 49.9 Å². The molecule has 29 heavy (non-hydrogen) atoms. The summed E-state index contributed by atoms with van der Waals surface area (Å²) in [5.41, 5.74) is 3.52. The van der Waals surface area contributed by atoms with Crippen molar-refractivity contribution < 1.29 is 13.9 Å². The third-order valence-corrected chi connectivity index (χ3v) is 5.23. The van der Waals surface area contributed by atoms with E-state index in [2.05, 4.69) is 25.9 Å². The van der Waals surface area contributed by atoms with E-state index in [4.69, 9.17) is 9.47 Å². The van der Waals surface area contributed by atoms with Gasteiger partial charge >= 0.3 is 0 Å². The molecule has 1 aromatic heterocycles. The fraction of sp³-hybridized carbons (Fsp3) is 0.429. The van der Waals surface area contributed by atoms with Crippen LogP contribution in [0.25, 0.3) is 5.57 Å². The smallest absolute Gasteiger partial charge is 0.229 e. The summed E-state index contributed by atoms with van der Waals surface area (Å²) in [5.74, 6) is 1.30. The summed E-state index contributed by atoms with van der Waals surface area (Å²) in [7, 11) is 3.47. The highest BCUT2D eigenvalue weighted by Gasteiger charge is 2.28. The van der Waals surface area contributed by atoms with Crippen LogP contribution in [0, 0.1) is 12.7 Å². The van der Waals surface area contributed by atoms with Gasteiger partial charge in [-0.1, -0.05) is 6.08 Å². The van der Waals surface area contributed by atoms with E-state index in [1.165, 1.54) is 0 Å². The summed E-state index contributed by atoms with van der Waals surface area (Å²) in [5, 5.41) is 9.37. The Hall–Kier alpha value is -2.71. The Morgan fingerprint density at radius 1 is 1.31 bits per heavy atom. The van der Waals surface area contributed by atoms with Crippen LogP contribution in [-0.2, 0) is 11.2 Å². The van der Waals surface area contributed by atoms with Gasteiger partial charge in [0, 0.05) is 57.4 Å². The molecule has 2 aromatic rings. The number of hydrogen-bond acceptors (Lipinski definition) is 7. The number of nitrogens with one attached hydrogen (secondary N) is 3. The summed E-state index contributed by atoms with van der Waals surface area (Å²) in [6, 6.07) is 3.63. The number of hydrogen-bond donors (Lipinski definition) is 3. The van der Waals surface area contributed by atoms with Crippen molar-refractivity contribution in [3.63, 3.8) is 0 Å². The third kappa shape index (κ3) is 4.04. The van der Waals surface area contributed by atoms with Crippen LogP contribution in [0.1, 0.15) is 23.2 Å². The first-order chi connectivity index (χ1) is 14.1. The molecule has 2 aliphatic rings. The van der Waals surface area contributed by atoms with Gasteiger partial charge in [0.05, 0.1) is 24.0 Å². The van der Waals surface area contributed by atoms with Crippen molar-refractivity contribution in [1.82, 2.24) is 15.3 Å². The second kappa shape index (κ2) is 8.34. The predicted octanol–water partition coefficient (Wildman–Crippen LogP) is 3.04. The van der Waals surface area contributed by atoms with Crippen LogP contribution < -0.4 is 20.7 Å². The van der Waals surface area contributed by atoms with Gasteiger partial charge in [0.25, 0.3) is 0 Å². The largest absolute Gasteiger partial charge is 0.492 e. The van der Waals surface area contributed by atoms with E-state index in [1.807, 2.05) is 19.1 Å². The summed E-state index contributed by atoms with van der Waals surface area (Å²) < 4.78 is 27.1. The Morgan fingerprint density at radius 2 is 2.17 bits per heavy atom. The van der Waals surface area contributed by atoms with Gasteiger partial charge in [-0.25, -0.2) is 9.37 Å². The van der Waals surface area contributed by atoms with Gasteiger partial charge in [-0.3, -0.25) is 0 Å². The van der Waals surface area contributed by atoms with Crippen LogP contribution in [0.4, 0.5) is 21.8 Å². The van der Waals surface area contributed by atoms with Crippen molar-refractivity contribution in [3.8, 4) is 5.75 Å². The lowest BCUT2D eigenvalue weighted by Gasteiger charge is -2.19. The van der Waals surface area contributed by atoms with Gasteiger partial charge in [-0.2, -0.15) is 4.98 Å². The molecule has 2 aliphatic heterocycles. The summed E-state index contributed by atoms with van der Waals surface area (Å²) >= 11 is 0. The SMILES string of the molecule is CNc1cc(C)nc(Nc2cc3c(c(C4=CCNC[C@H](OC)C4)c2F)OCC3)n1. The molecule has 3 heterocycles. The average Bonchev–Trinajstić information content (AvgIpc) is 3.03. The molecule has 1 aromatic carbocycles. The van der Waals surface area contributed by atoms with Crippen molar-refractivity contribution in [2.75, 3.05) is 44.5 Å². The van der Waals surface area contributed by atoms with Crippen LogP contribution in [0.5, 0.6) is 5.75 Å². The zero-order valence-corrected chi connectivity index (χ0v) is 16.9. The molecule has 154 valence electrons. The van der Waals surface area contributed by atoms with E-state index in [9.17, 15) is 0 Å². The van der Waals surface area contributed by atoms with Gasteiger partial charge in [-0.05, 0) is 18.6 Å². The summed E-state index contributed by atoms with van der Waals surface area (Å²) in [4.78, 5) is 8.78. The molecule has 0 amide bonds.